The minimum absolute atomic E-state index is 0.163. The van der Waals surface area contributed by atoms with Gasteiger partial charge in [-0.1, -0.05) is 54.6 Å². The predicted octanol–water partition coefficient (Wildman–Crippen LogP) is 6.01. The first kappa shape index (κ1) is 19.8. The molecule has 0 unspecified atom stereocenters. The monoisotopic (exact) mass is 434 g/mol. The number of pyridine rings is 1. The molecule has 1 fully saturated rings. The van der Waals surface area contributed by atoms with Gasteiger partial charge in [0.25, 0.3) is 0 Å². The van der Waals surface area contributed by atoms with Crippen molar-refractivity contribution in [2.24, 2.45) is 0 Å². The largest absolute Gasteiger partial charge is 0.363 e. The van der Waals surface area contributed by atoms with Gasteiger partial charge >= 0.3 is 6.03 Å². The van der Waals surface area contributed by atoms with E-state index in [-0.39, 0.29) is 12.1 Å². The summed E-state index contributed by atoms with van der Waals surface area (Å²) in [6.07, 6.45) is 3.18. The van der Waals surface area contributed by atoms with Crippen molar-refractivity contribution in [3.8, 4) is 0 Å². The molecule has 5 heteroatoms. The minimum atomic E-state index is -0.163. The Labute approximate surface area is 193 Å². The minimum Gasteiger partial charge on any atom is -0.363 e. The van der Waals surface area contributed by atoms with Gasteiger partial charge in [-0.25, -0.2) is 9.78 Å². The fourth-order valence-corrected chi connectivity index (χ4v) is 4.93. The summed E-state index contributed by atoms with van der Waals surface area (Å²) in [4.78, 5) is 17.3. The number of hydrogen-bond acceptors (Lipinski definition) is 3. The van der Waals surface area contributed by atoms with Crippen LogP contribution in [0, 0.1) is 0 Å². The molecule has 3 N–H and O–H groups in total. The number of nitrogens with zero attached hydrogens (tertiary/aromatic N) is 1. The van der Waals surface area contributed by atoms with E-state index in [1.54, 1.807) is 0 Å². The Kier molecular flexibility index (Phi) is 4.95. The van der Waals surface area contributed by atoms with Crippen LogP contribution in [0.3, 0.4) is 0 Å². The molecule has 0 bridgehead atoms. The van der Waals surface area contributed by atoms with Crippen molar-refractivity contribution in [3.63, 3.8) is 0 Å². The first-order valence-electron chi connectivity index (χ1n) is 11.6. The molecule has 3 atom stereocenters. The molecule has 2 amide bonds. The fourth-order valence-electron chi connectivity index (χ4n) is 4.93. The molecule has 4 aromatic rings. The van der Waals surface area contributed by atoms with Gasteiger partial charge in [0, 0.05) is 23.0 Å². The Balaban J connectivity index is 1.10. The van der Waals surface area contributed by atoms with Gasteiger partial charge in [0.15, 0.2) is 0 Å². The summed E-state index contributed by atoms with van der Waals surface area (Å²) in [7, 11) is 0. The van der Waals surface area contributed by atoms with E-state index in [9.17, 15) is 4.79 Å². The van der Waals surface area contributed by atoms with E-state index in [4.69, 9.17) is 4.98 Å². The number of anilines is 2. The third-order valence-electron chi connectivity index (χ3n) is 6.74. The third-order valence-corrected chi connectivity index (χ3v) is 6.74. The smallest absolute Gasteiger partial charge is 0.319 e. The molecule has 164 valence electrons. The number of fused-ring (bicyclic) bond motifs is 2. The SMILES string of the molecule is O=C(Nc1ccc2nc(N[C@@H]3CCc4ccccc43)ccc2c1)N[C@H]1C[C@@H]1c1ccccc1. The van der Waals surface area contributed by atoms with Crippen LogP contribution in [0.4, 0.5) is 16.3 Å². The maximum absolute atomic E-state index is 12.5. The number of nitrogens with one attached hydrogen (secondary N) is 3. The van der Waals surface area contributed by atoms with Crippen LogP contribution in [0.5, 0.6) is 0 Å². The van der Waals surface area contributed by atoms with E-state index >= 15 is 0 Å². The van der Waals surface area contributed by atoms with Crippen molar-refractivity contribution < 1.29 is 4.79 Å². The van der Waals surface area contributed by atoms with Gasteiger partial charge in [0.2, 0.25) is 0 Å². The molecule has 0 spiro atoms. The Morgan fingerprint density at radius 3 is 2.67 bits per heavy atom. The zero-order valence-electron chi connectivity index (χ0n) is 18.3. The van der Waals surface area contributed by atoms with Crippen molar-refractivity contribution in [1.82, 2.24) is 10.3 Å². The molecule has 0 saturated heterocycles. The van der Waals surface area contributed by atoms with Crippen LogP contribution >= 0.6 is 0 Å². The first-order chi connectivity index (χ1) is 16.2. The molecule has 5 nitrogen and oxygen atoms in total. The van der Waals surface area contributed by atoms with Crippen molar-refractivity contribution >= 4 is 28.4 Å². The number of carbonyl (C=O) groups excluding carboxylic acids is 1. The number of amides is 2. The molecule has 6 rings (SSSR count). The lowest BCUT2D eigenvalue weighted by Crippen LogP contribution is -2.31. The average molecular weight is 435 g/mol. The molecular weight excluding hydrogens is 408 g/mol. The van der Waals surface area contributed by atoms with Crippen molar-refractivity contribution in [2.45, 2.75) is 37.3 Å². The highest BCUT2D eigenvalue weighted by Gasteiger charge is 2.39. The third kappa shape index (κ3) is 4.14. The van der Waals surface area contributed by atoms with Crippen molar-refractivity contribution in [3.05, 3.63) is 102 Å². The number of hydrogen-bond donors (Lipinski definition) is 3. The summed E-state index contributed by atoms with van der Waals surface area (Å²) in [6, 6.07) is 29.2. The van der Waals surface area contributed by atoms with Crippen molar-refractivity contribution in [1.29, 1.82) is 0 Å². The van der Waals surface area contributed by atoms with Gasteiger partial charge in [-0.2, -0.15) is 0 Å². The summed E-state index contributed by atoms with van der Waals surface area (Å²) in [6.45, 7) is 0. The molecule has 2 aliphatic rings. The van der Waals surface area contributed by atoms with Crippen LogP contribution in [0.25, 0.3) is 10.9 Å². The van der Waals surface area contributed by atoms with E-state index < -0.39 is 0 Å². The molecule has 1 aromatic heterocycles. The van der Waals surface area contributed by atoms with E-state index in [0.717, 1.165) is 41.7 Å². The van der Waals surface area contributed by atoms with Gasteiger partial charge < -0.3 is 16.0 Å². The van der Waals surface area contributed by atoms with Gasteiger partial charge in [-0.3, -0.25) is 0 Å². The summed E-state index contributed by atoms with van der Waals surface area (Å²) < 4.78 is 0. The number of aromatic nitrogens is 1. The second kappa shape index (κ2) is 8.24. The van der Waals surface area contributed by atoms with Gasteiger partial charge in [0.1, 0.15) is 5.82 Å². The quantitative estimate of drug-likeness (QED) is 0.360. The van der Waals surface area contributed by atoms with Crippen LogP contribution in [-0.2, 0) is 6.42 Å². The van der Waals surface area contributed by atoms with E-state index in [1.807, 2.05) is 42.5 Å². The van der Waals surface area contributed by atoms with Crippen molar-refractivity contribution in [2.75, 3.05) is 10.6 Å². The highest BCUT2D eigenvalue weighted by Crippen LogP contribution is 2.40. The second-order valence-electron chi connectivity index (χ2n) is 9.00. The Morgan fingerprint density at radius 1 is 0.909 bits per heavy atom. The zero-order chi connectivity index (χ0) is 22.2. The van der Waals surface area contributed by atoms with E-state index in [2.05, 4.69) is 58.4 Å². The lowest BCUT2D eigenvalue weighted by Gasteiger charge is -2.15. The molecule has 1 saturated carbocycles. The maximum atomic E-state index is 12.5. The summed E-state index contributed by atoms with van der Waals surface area (Å²) in [5.74, 6) is 1.29. The molecule has 3 aromatic carbocycles. The topological polar surface area (TPSA) is 66.0 Å². The standard InChI is InChI=1S/C28H26N4O/c33-28(32-26-17-23(26)18-6-2-1-3-7-18)29-21-12-14-24-20(16-21)11-15-27(30-24)31-25-13-10-19-8-4-5-9-22(19)25/h1-9,11-12,14-16,23,25-26H,10,13,17H2,(H,30,31)(H2,29,32,33)/t23-,25-,26+/m1/s1. The number of benzene rings is 3. The van der Waals surface area contributed by atoms with Crippen LogP contribution < -0.4 is 16.0 Å². The van der Waals surface area contributed by atoms with Gasteiger partial charge in [-0.15, -0.1) is 0 Å². The maximum Gasteiger partial charge on any atom is 0.319 e. The summed E-state index contributed by atoms with van der Waals surface area (Å²) in [5, 5.41) is 10.6. The zero-order valence-corrected chi connectivity index (χ0v) is 18.3. The number of urea groups is 1. The number of carbonyl (C=O) groups is 1. The number of rotatable bonds is 5. The fraction of sp³-hybridized carbons (Fsp3) is 0.214. The predicted molar refractivity (Wildman–Crippen MR) is 133 cm³/mol. The Morgan fingerprint density at radius 2 is 1.76 bits per heavy atom. The van der Waals surface area contributed by atoms with E-state index in [1.165, 1.54) is 16.7 Å². The first-order valence-corrected chi connectivity index (χ1v) is 11.6. The molecule has 0 radical (unpaired) electrons. The van der Waals surface area contributed by atoms with Crippen LogP contribution in [0.15, 0.2) is 84.9 Å². The summed E-state index contributed by atoms with van der Waals surface area (Å²) >= 11 is 0. The van der Waals surface area contributed by atoms with Crippen LogP contribution in [0.2, 0.25) is 0 Å². The highest BCUT2D eigenvalue weighted by molar-refractivity contribution is 5.93. The lowest BCUT2D eigenvalue weighted by atomic mass is 10.1. The summed E-state index contributed by atoms with van der Waals surface area (Å²) in [5.41, 5.74) is 5.75. The normalized spacial score (nSPS) is 20.8. The molecule has 2 aliphatic carbocycles. The Hall–Kier alpha value is -3.86. The second-order valence-corrected chi connectivity index (χ2v) is 9.00. The molecule has 0 aliphatic heterocycles. The van der Waals surface area contributed by atoms with Gasteiger partial charge in [0.05, 0.1) is 11.6 Å². The molecular formula is C28H26N4O. The van der Waals surface area contributed by atoms with Crippen LogP contribution in [-0.4, -0.2) is 17.1 Å². The Bertz CT molecular complexity index is 1320. The lowest BCUT2D eigenvalue weighted by molar-refractivity contribution is 0.251. The van der Waals surface area contributed by atoms with Crippen LogP contribution in [0.1, 0.15) is 41.5 Å². The number of aryl methyl sites for hydroxylation is 1. The average Bonchev–Trinajstić information content (AvgIpc) is 3.49. The highest BCUT2D eigenvalue weighted by atomic mass is 16.2. The molecule has 33 heavy (non-hydrogen) atoms. The van der Waals surface area contributed by atoms with Gasteiger partial charge in [-0.05, 0) is 66.3 Å². The molecule has 1 heterocycles. The van der Waals surface area contributed by atoms with E-state index in [0.29, 0.717) is 12.0 Å².